The van der Waals surface area contributed by atoms with E-state index in [4.69, 9.17) is 0 Å². The summed E-state index contributed by atoms with van der Waals surface area (Å²) in [7, 11) is -3.49. The second kappa shape index (κ2) is 5.99. The van der Waals surface area contributed by atoms with E-state index in [1.165, 1.54) is 0 Å². The number of nitrogens with one attached hydrogen (secondary N) is 2. The molecule has 5 nitrogen and oxygen atoms in total. The van der Waals surface area contributed by atoms with Crippen LogP contribution in [0.25, 0.3) is 0 Å². The summed E-state index contributed by atoms with van der Waals surface area (Å²) in [5.74, 6) is 0.832. The Kier molecular flexibility index (Phi) is 4.49. The molecule has 0 spiro atoms. The fourth-order valence-corrected chi connectivity index (χ4v) is 4.06. The Morgan fingerprint density at radius 2 is 1.76 bits per heavy atom. The van der Waals surface area contributed by atoms with Crippen LogP contribution in [0.5, 0.6) is 0 Å². The van der Waals surface area contributed by atoms with Gasteiger partial charge in [-0.15, -0.1) is 0 Å². The van der Waals surface area contributed by atoms with Crippen molar-refractivity contribution in [3.8, 4) is 0 Å². The van der Waals surface area contributed by atoms with Crippen LogP contribution in [0, 0.1) is 27.7 Å². The average Bonchev–Trinajstić information content (AvgIpc) is 2.72. The zero-order chi connectivity index (χ0) is 15.6. The zero-order valence-electron chi connectivity index (χ0n) is 12.8. The van der Waals surface area contributed by atoms with Gasteiger partial charge in [-0.1, -0.05) is 17.7 Å². The van der Waals surface area contributed by atoms with Crippen molar-refractivity contribution in [2.75, 3.05) is 6.54 Å². The van der Waals surface area contributed by atoms with E-state index < -0.39 is 10.0 Å². The lowest BCUT2D eigenvalue weighted by Gasteiger charge is -2.12. The smallest absolute Gasteiger partial charge is 0.241 e. The van der Waals surface area contributed by atoms with E-state index >= 15 is 0 Å². The first-order chi connectivity index (χ1) is 9.79. The summed E-state index contributed by atoms with van der Waals surface area (Å²) in [5, 5.41) is 0. The van der Waals surface area contributed by atoms with E-state index in [9.17, 15) is 8.42 Å². The van der Waals surface area contributed by atoms with Gasteiger partial charge in [0.2, 0.25) is 10.0 Å². The van der Waals surface area contributed by atoms with Gasteiger partial charge in [-0.2, -0.15) is 0 Å². The van der Waals surface area contributed by atoms with E-state index in [-0.39, 0.29) is 0 Å². The Morgan fingerprint density at radius 1 is 1.14 bits per heavy atom. The maximum atomic E-state index is 12.4. The van der Waals surface area contributed by atoms with Crippen molar-refractivity contribution < 1.29 is 8.42 Å². The molecule has 0 bridgehead atoms. The molecule has 114 valence electrons. The van der Waals surface area contributed by atoms with Crippen molar-refractivity contribution in [3.05, 3.63) is 46.5 Å². The van der Waals surface area contributed by atoms with Gasteiger partial charge < -0.3 is 4.98 Å². The largest absolute Gasteiger partial charge is 0.346 e. The molecule has 0 saturated carbocycles. The first-order valence-electron chi connectivity index (χ1n) is 6.87. The molecule has 0 radical (unpaired) electrons. The molecule has 1 aromatic heterocycles. The minimum absolute atomic E-state index is 0.344. The molecule has 0 aliphatic heterocycles. The monoisotopic (exact) mass is 307 g/mol. The molecular formula is C15H21N3O2S. The molecule has 2 rings (SSSR count). The summed E-state index contributed by atoms with van der Waals surface area (Å²) in [6.07, 6.45) is 2.32. The summed E-state index contributed by atoms with van der Waals surface area (Å²) >= 11 is 0. The Labute approximate surface area is 125 Å². The molecule has 0 saturated heterocycles. The third-order valence-corrected chi connectivity index (χ3v) is 5.08. The van der Waals surface area contributed by atoms with Crippen molar-refractivity contribution in [2.24, 2.45) is 0 Å². The normalized spacial score (nSPS) is 11.8. The lowest BCUT2D eigenvalue weighted by atomic mass is 10.1. The van der Waals surface area contributed by atoms with Crippen molar-refractivity contribution >= 4 is 10.0 Å². The molecule has 2 N–H and O–H groups in total. The topological polar surface area (TPSA) is 74.8 Å². The molecule has 0 aliphatic rings. The van der Waals surface area contributed by atoms with Crippen LogP contribution in [0.1, 0.15) is 28.2 Å². The van der Waals surface area contributed by atoms with E-state index in [0.717, 1.165) is 28.2 Å². The number of aromatic nitrogens is 2. The first kappa shape index (κ1) is 15.7. The van der Waals surface area contributed by atoms with Gasteiger partial charge in [0, 0.05) is 24.9 Å². The van der Waals surface area contributed by atoms with Gasteiger partial charge in [0.05, 0.1) is 4.90 Å². The summed E-state index contributed by atoms with van der Waals surface area (Å²) in [6, 6.07) is 3.78. The van der Waals surface area contributed by atoms with E-state index in [2.05, 4.69) is 14.7 Å². The molecule has 0 unspecified atom stereocenters. The van der Waals surface area contributed by atoms with Gasteiger partial charge in [-0.3, -0.25) is 0 Å². The van der Waals surface area contributed by atoms with Crippen LogP contribution in [-0.2, 0) is 16.4 Å². The van der Waals surface area contributed by atoms with E-state index in [1.807, 2.05) is 39.8 Å². The minimum Gasteiger partial charge on any atom is -0.346 e. The predicted molar refractivity (Wildman–Crippen MR) is 82.9 cm³/mol. The van der Waals surface area contributed by atoms with Crippen LogP contribution in [0.3, 0.4) is 0 Å². The first-order valence-corrected chi connectivity index (χ1v) is 8.36. The Balaban J connectivity index is 2.12. The maximum Gasteiger partial charge on any atom is 0.241 e. The van der Waals surface area contributed by atoms with Crippen LogP contribution in [0.2, 0.25) is 0 Å². The van der Waals surface area contributed by atoms with Gasteiger partial charge in [0.25, 0.3) is 0 Å². The zero-order valence-corrected chi connectivity index (χ0v) is 13.6. The average molecular weight is 307 g/mol. The highest BCUT2D eigenvalue weighted by molar-refractivity contribution is 7.89. The lowest BCUT2D eigenvalue weighted by molar-refractivity contribution is 0.580. The van der Waals surface area contributed by atoms with Crippen molar-refractivity contribution in [1.29, 1.82) is 0 Å². The quantitative estimate of drug-likeness (QED) is 0.889. The molecule has 0 atom stereocenters. The molecular weight excluding hydrogens is 286 g/mol. The number of sulfonamides is 1. The summed E-state index contributed by atoms with van der Waals surface area (Å²) < 4.78 is 27.5. The molecule has 1 heterocycles. The number of hydrogen-bond donors (Lipinski definition) is 2. The second-order valence-electron chi connectivity index (χ2n) is 5.37. The molecule has 0 fully saturated rings. The number of H-pyrrole nitrogens is 1. The number of imidazole rings is 1. The SMILES string of the molecule is Cc1cc(C)c(S(=O)(=O)NCCc2cnc(C)[nH]2)c(C)c1. The van der Waals surface area contributed by atoms with E-state index in [0.29, 0.717) is 17.9 Å². The van der Waals surface area contributed by atoms with Crippen molar-refractivity contribution in [2.45, 2.75) is 39.0 Å². The summed E-state index contributed by atoms with van der Waals surface area (Å²) in [4.78, 5) is 7.56. The molecule has 0 amide bonds. The number of aromatic amines is 1. The van der Waals surface area contributed by atoms with Crippen molar-refractivity contribution in [3.63, 3.8) is 0 Å². The van der Waals surface area contributed by atoms with Crippen LogP contribution < -0.4 is 4.72 Å². The number of nitrogens with zero attached hydrogens (tertiary/aromatic N) is 1. The Bertz CT molecular complexity index is 725. The third kappa shape index (κ3) is 3.71. The van der Waals surface area contributed by atoms with Crippen LogP contribution in [0.15, 0.2) is 23.2 Å². The van der Waals surface area contributed by atoms with Gasteiger partial charge >= 0.3 is 0 Å². The van der Waals surface area contributed by atoms with Crippen LogP contribution in [-0.4, -0.2) is 24.9 Å². The number of hydrogen-bond acceptors (Lipinski definition) is 3. The Hall–Kier alpha value is -1.66. The third-order valence-electron chi connectivity index (χ3n) is 3.32. The van der Waals surface area contributed by atoms with Crippen molar-refractivity contribution in [1.82, 2.24) is 14.7 Å². The number of aryl methyl sites for hydroxylation is 4. The van der Waals surface area contributed by atoms with Crippen LogP contribution >= 0.6 is 0 Å². The number of benzene rings is 1. The molecule has 2 aromatic rings. The fraction of sp³-hybridized carbons (Fsp3) is 0.400. The highest BCUT2D eigenvalue weighted by Crippen LogP contribution is 2.21. The highest BCUT2D eigenvalue weighted by Gasteiger charge is 2.19. The van der Waals surface area contributed by atoms with Gasteiger partial charge in [-0.25, -0.2) is 18.1 Å². The Morgan fingerprint density at radius 3 is 2.29 bits per heavy atom. The fourth-order valence-electron chi connectivity index (χ4n) is 2.58. The lowest BCUT2D eigenvalue weighted by Crippen LogP contribution is -2.27. The number of rotatable bonds is 5. The maximum absolute atomic E-state index is 12.4. The minimum atomic E-state index is -3.49. The highest BCUT2D eigenvalue weighted by atomic mass is 32.2. The van der Waals surface area contributed by atoms with Crippen LogP contribution in [0.4, 0.5) is 0 Å². The van der Waals surface area contributed by atoms with Gasteiger partial charge in [-0.05, 0) is 38.8 Å². The molecule has 0 aliphatic carbocycles. The van der Waals surface area contributed by atoms with Gasteiger partial charge in [0.1, 0.15) is 5.82 Å². The second-order valence-corrected chi connectivity index (χ2v) is 7.07. The predicted octanol–water partition coefficient (Wildman–Crippen LogP) is 2.16. The standard InChI is InChI=1S/C15H21N3O2S/c1-10-7-11(2)15(12(3)8-10)21(19,20)17-6-5-14-9-16-13(4)18-14/h7-9,17H,5-6H2,1-4H3,(H,16,18). The summed E-state index contributed by atoms with van der Waals surface area (Å²) in [6.45, 7) is 7.83. The molecule has 1 aromatic carbocycles. The summed E-state index contributed by atoms with van der Waals surface area (Å²) in [5.41, 5.74) is 3.54. The molecule has 21 heavy (non-hydrogen) atoms. The van der Waals surface area contributed by atoms with Gasteiger partial charge in [0.15, 0.2) is 0 Å². The molecule has 6 heteroatoms. The van der Waals surface area contributed by atoms with E-state index in [1.54, 1.807) is 6.20 Å².